The van der Waals surface area contributed by atoms with E-state index in [1.54, 1.807) is 0 Å². The molecule has 0 atom stereocenters. The van der Waals surface area contributed by atoms with Gasteiger partial charge in [0.25, 0.3) is 15.7 Å². The molecule has 10 heteroatoms. The van der Waals surface area contributed by atoms with E-state index in [4.69, 9.17) is 11.6 Å². The minimum absolute atomic E-state index is 0.117. The van der Waals surface area contributed by atoms with Crippen molar-refractivity contribution in [1.82, 2.24) is 0 Å². The van der Waals surface area contributed by atoms with Gasteiger partial charge in [0, 0.05) is 12.1 Å². The number of nitrogens with zero attached hydrogens (tertiary/aromatic N) is 1. The Labute approximate surface area is 122 Å². The van der Waals surface area contributed by atoms with Crippen LogP contribution in [0.25, 0.3) is 0 Å². The molecule has 106 valence electrons. The molecular weight excluding hydrogens is 331 g/mol. The molecule has 1 N–H and O–H groups in total. The summed E-state index contributed by atoms with van der Waals surface area (Å²) in [6.45, 7) is 0. The molecule has 0 fully saturated rings. The van der Waals surface area contributed by atoms with Gasteiger partial charge in [-0.1, -0.05) is 11.6 Å². The zero-order valence-corrected chi connectivity index (χ0v) is 11.9. The van der Waals surface area contributed by atoms with Gasteiger partial charge in [-0.25, -0.2) is 12.8 Å². The largest absolute Gasteiger partial charge is 0.276 e. The molecule has 6 nitrogen and oxygen atoms in total. The first kappa shape index (κ1) is 14.7. The van der Waals surface area contributed by atoms with Crippen molar-refractivity contribution in [2.75, 3.05) is 4.72 Å². The lowest BCUT2D eigenvalue weighted by molar-refractivity contribution is -0.384. The molecule has 0 amide bonds. The van der Waals surface area contributed by atoms with Crippen LogP contribution < -0.4 is 4.72 Å². The van der Waals surface area contributed by atoms with Crippen LogP contribution in [-0.2, 0) is 10.0 Å². The third kappa shape index (κ3) is 3.06. The molecule has 0 aliphatic rings. The number of sulfonamides is 1. The molecule has 0 radical (unpaired) electrons. The summed E-state index contributed by atoms with van der Waals surface area (Å²) in [5, 5.41) is 10.6. The fraction of sp³-hybridized carbons (Fsp3) is 0. The molecule has 1 heterocycles. The molecule has 0 aliphatic carbocycles. The number of nitro groups is 1. The van der Waals surface area contributed by atoms with E-state index in [0.29, 0.717) is 0 Å². The first-order valence-corrected chi connectivity index (χ1v) is 7.69. The molecule has 20 heavy (non-hydrogen) atoms. The van der Waals surface area contributed by atoms with E-state index < -0.39 is 32.1 Å². The number of hydrogen-bond donors (Lipinski definition) is 1. The van der Waals surface area contributed by atoms with Crippen LogP contribution in [0.4, 0.5) is 15.8 Å². The number of rotatable bonds is 4. The van der Waals surface area contributed by atoms with Crippen molar-refractivity contribution in [1.29, 1.82) is 0 Å². The number of halogens is 2. The van der Waals surface area contributed by atoms with Crippen LogP contribution in [0.3, 0.4) is 0 Å². The second-order valence-electron chi connectivity index (χ2n) is 3.59. The van der Waals surface area contributed by atoms with Crippen molar-refractivity contribution in [3.63, 3.8) is 0 Å². The highest BCUT2D eigenvalue weighted by molar-refractivity contribution is 7.94. The quantitative estimate of drug-likeness (QED) is 0.685. The van der Waals surface area contributed by atoms with Crippen LogP contribution in [0.15, 0.2) is 34.5 Å². The summed E-state index contributed by atoms with van der Waals surface area (Å²) in [5.74, 6) is -0.915. The van der Waals surface area contributed by atoms with Gasteiger partial charge in [-0.05, 0) is 18.2 Å². The molecule has 2 rings (SSSR count). The number of nitrogens with one attached hydrogen (secondary N) is 1. The van der Waals surface area contributed by atoms with E-state index in [1.807, 2.05) is 4.72 Å². The summed E-state index contributed by atoms with van der Waals surface area (Å²) in [6.07, 6.45) is 0. The van der Waals surface area contributed by atoms with Gasteiger partial charge in [0.2, 0.25) is 0 Å². The second kappa shape index (κ2) is 5.35. The Kier molecular flexibility index (Phi) is 3.93. The maximum atomic E-state index is 13.5. The van der Waals surface area contributed by atoms with E-state index >= 15 is 0 Å². The number of thiophene rings is 1. The van der Waals surface area contributed by atoms with Crippen molar-refractivity contribution in [3.05, 3.63) is 50.6 Å². The molecular formula is C10H6ClFN2O4S2. The number of hydrogen-bond acceptors (Lipinski definition) is 5. The van der Waals surface area contributed by atoms with Crippen LogP contribution >= 0.6 is 22.9 Å². The maximum absolute atomic E-state index is 13.5. The van der Waals surface area contributed by atoms with Gasteiger partial charge in [-0.15, -0.1) is 11.3 Å². The number of non-ortho nitro benzene ring substituents is 1. The van der Waals surface area contributed by atoms with Crippen molar-refractivity contribution >= 4 is 44.3 Å². The lowest BCUT2D eigenvalue weighted by Crippen LogP contribution is -2.12. The molecule has 0 bridgehead atoms. The summed E-state index contributed by atoms with van der Waals surface area (Å²) >= 11 is 6.42. The van der Waals surface area contributed by atoms with Crippen molar-refractivity contribution in [2.45, 2.75) is 4.21 Å². The Morgan fingerprint density at radius 2 is 2.00 bits per heavy atom. The van der Waals surface area contributed by atoms with Crippen LogP contribution in [-0.4, -0.2) is 13.3 Å². The minimum Gasteiger partial charge on any atom is -0.276 e. The van der Waals surface area contributed by atoms with Gasteiger partial charge in [0.05, 0.1) is 14.9 Å². The zero-order chi connectivity index (χ0) is 14.9. The first-order chi connectivity index (χ1) is 9.29. The SMILES string of the molecule is O=[N+]([O-])c1ccc(F)c(NS(=O)(=O)c2ccc(Cl)s2)c1. The summed E-state index contributed by atoms with van der Waals surface area (Å²) in [5.41, 5.74) is -0.919. The van der Waals surface area contributed by atoms with E-state index in [-0.39, 0.29) is 8.55 Å². The van der Waals surface area contributed by atoms with Gasteiger partial charge in [-0.3, -0.25) is 14.8 Å². The Morgan fingerprint density at radius 1 is 1.30 bits per heavy atom. The Hall–Kier alpha value is -1.71. The summed E-state index contributed by atoms with van der Waals surface area (Å²) in [6, 6.07) is 5.20. The van der Waals surface area contributed by atoms with Crippen molar-refractivity contribution < 1.29 is 17.7 Å². The van der Waals surface area contributed by atoms with Gasteiger partial charge >= 0.3 is 0 Å². The lowest BCUT2D eigenvalue weighted by Gasteiger charge is -2.06. The molecule has 0 saturated carbocycles. The number of benzene rings is 1. The minimum atomic E-state index is -4.04. The lowest BCUT2D eigenvalue weighted by atomic mass is 10.3. The third-order valence-corrected chi connectivity index (χ3v) is 5.31. The molecule has 1 aromatic heterocycles. The molecule has 0 aliphatic heterocycles. The summed E-state index contributed by atoms with van der Waals surface area (Å²) in [7, 11) is -4.04. The third-order valence-electron chi connectivity index (χ3n) is 2.22. The van der Waals surface area contributed by atoms with E-state index in [1.165, 1.54) is 12.1 Å². The maximum Gasteiger partial charge on any atom is 0.271 e. The zero-order valence-electron chi connectivity index (χ0n) is 9.54. The summed E-state index contributed by atoms with van der Waals surface area (Å²) in [4.78, 5) is 9.84. The predicted molar refractivity (Wildman–Crippen MR) is 73.2 cm³/mol. The molecule has 0 spiro atoms. The number of nitro benzene ring substituents is 1. The highest BCUT2D eigenvalue weighted by Gasteiger charge is 2.20. The van der Waals surface area contributed by atoms with Crippen molar-refractivity contribution in [3.8, 4) is 0 Å². The number of anilines is 1. The van der Waals surface area contributed by atoms with E-state index in [9.17, 15) is 22.9 Å². The summed E-state index contributed by atoms with van der Waals surface area (Å²) < 4.78 is 39.5. The van der Waals surface area contributed by atoms with E-state index in [0.717, 1.165) is 29.5 Å². The van der Waals surface area contributed by atoms with Gasteiger partial charge in [0.15, 0.2) is 0 Å². The first-order valence-electron chi connectivity index (χ1n) is 5.02. The Morgan fingerprint density at radius 3 is 2.55 bits per heavy atom. The topological polar surface area (TPSA) is 89.3 Å². The normalized spacial score (nSPS) is 11.3. The van der Waals surface area contributed by atoms with Gasteiger partial charge < -0.3 is 0 Å². The monoisotopic (exact) mass is 336 g/mol. The van der Waals surface area contributed by atoms with Crippen LogP contribution in [0.5, 0.6) is 0 Å². The van der Waals surface area contributed by atoms with Crippen LogP contribution in [0.1, 0.15) is 0 Å². The molecule has 0 unspecified atom stereocenters. The van der Waals surface area contributed by atoms with Gasteiger partial charge in [0.1, 0.15) is 10.0 Å². The van der Waals surface area contributed by atoms with E-state index in [2.05, 4.69) is 0 Å². The van der Waals surface area contributed by atoms with Crippen molar-refractivity contribution in [2.24, 2.45) is 0 Å². The molecule has 2 aromatic rings. The average molecular weight is 337 g/mol. The molecule has 0 saturated heterocycles. The smallest absolute Gasteiger partial charge is 0.271 e. The Bertz CT molecular complexity index is 775. The highest BCUT2D eigenvalue weighted by atomic mass is 35.5. The van der Waals surface area contributed by atoms with Crippen LogP contribution in [0.2, 0.25) is 4.34 Å². The fourth-order valence-corrected chi connectivity index (χ4v) is 3.88. The highest BCUT2D eigenvalue weighted by Crippen LogP contribution is 2.29. The molecule has 1 aromatic carbocycles. The van der Waals surface area contributed by atoms with Crippen LogP contribution in [0, 0.1) is 15.9 Å². The standard InChI is InChI=1S/C10H6ClFN2O4S2/c11-9-3-4-10(19-9)20(17,18)13-8-5-6(14(15)16)1-2-7(8)12/h1-5,13H. The second-order valence-corrected chi connectivity index (χ2v) is 7.21. The fourth-order valence-electron chi connectivity index (χ4n) is 1.34. The average Bonchev–Trinajstić information content (AvgIpc) is 2.79. The predicted octanol–water partition coefficient (Wildman–Crippen LogP) is 3.25. The van der Waals surface area contributed by atoms with Gasteiger partial charge in [-0.2, -0.15) is 0 Å². The Balaban J connectivity index is 2.39.